The Hall–Kier alpha value is -2.80. The topological polar surface area (TPSA) is 80.4 Å². The second kappa shape index (κ2) is 6.13. The Bertz CT molecular complexity index is 850. The molecule has 0 aliphatic carbocycles. The van der Waals surface area contributed by atoms with E-state index in [1.54, 1.807) is 18.2 Å². The molecule has 0 aliphatic heterocycles. The molecule has 0 unspecified atom stereocenters. The van der Waals surface area contributed by atoms with E-state index < -0.39 is 0 Å². The van der Waals surface area contributed by atoms with Crippen molar-refractivity contribution in [1.82, 2.24) is 9.97 Å². The van der Waals surface area contributed by atoms with Crippen molar-refractivity contribution in [1.29, 1.82) is 0 Å². The number of nitrogens with zero attached hydrogens (tertiary/aromatic N) is 3. The van der Waals surface area contributed by atoms with E-state index in [9.17, 15) is 5.21 Å². The van der Waals surface area contributed by atoms with Crippen molar-refractivity contribution in [2.45, 2.75) is 0 Å². The van der Waals surface area contributed by atoms with Gasteiger partial charge >= 0.3 is 6.01 Å². The van der Waals surface area contributed by atoms with Crippen molar-refractivity contribution < 1.29 is 18.9 Å². The predicted octanol–water partition coefficient (Wildman–Crippen LogP) is 2.73. The third kappa shape index (κ3) is 3.04. The summed E-state index contributed by atoms with van der Waals surface area (Å²) in [6, 6.07) is 8.02. The molecular formula is C15H12ClN3O4. The molecule has 23 heavy (non-hydrogen) atoms. The number of rotatable bonds is 4. The van der Waals surface area contributed by atoms with Gasteiger partial charge < -0.3 is 19.4 Å². The first-order chi connectivity index (χ1) is 11.1. The molecule has 0 aliphatic rings. The van der Waals surface area contributed by atoms with Crippen LogP contribution in [0.25, 0.3) is 10.9 Å². The molecule has 3 aromatic rings. The number of aromatic nitrogens is 3. The highest BCUT2D eigenvalue weighted by molar-refractivity contribution is 6.31. The van der Waals surface area contributed by atoms with Crippen molar-refractivity contribution >= 4 is 22.5 Å². The van der Waals surface area contributed by atoms with Crippen LogP contribution in [0.15, 0.2) is 36.5 Å². The summed E-state index contributed by atoms with van der Waals surface area (Å²) in [5, 5.41) is 12.9. The van der Waals surface area contributed by atoms with Crippen LogP contribution >= 0.6 is 11.6 Å². The number of halogens is 1. The summed E-state index contributed by atoms with van der Waals surface area (Å²) in [5.41, 5.74) is 0.380. The highest BCUT2D eigenvalue weighted by atomic mass is 35.5. The Kier molecular flexibility index (Phi) is 4.03. The minimum absolute atomic E-state index is 0.0427. The number of hydrogen-bond donors (Lipinski definition) is 0. The molecule has 0 spiro atoms. The highest BCUT2D eigenvalue weighted by Gasteiger charge is 2.14. The first-order valence-electron chi connectivity index (χ1n) is 6.57. The molecule has 3 rings (SSSR count). The zero-order chi connectivity index (χ0) is 16.4. The van der Waals surface area contributed by atoms with Gasteiger partial charge in [-0.05, 0) is 12.1 Å². The average Bonchev–Trinajstić information content (AvgIpc) is 2.57. The van der Waals surface area contributed by atoms with Crippen LogP contribution in [-0.2, 0) is 0 Å². The summed E-state index contributed by atoms with van der Waals surface area (Å²) in [6.45, 7) is 0. The molecule has 1 aromatic carbocycles. The second-order valence-electron chi connectivity index (χ2n) is 4.50. The maximum absolute atomic E-state index is 11.9. The fraction of sp³-hybridized carbons (Fsp3) is 0.133. The Morgan fingerprint density at radius 2 is 1.74 bits per heavy atom. The summed E-state index contributed by atoms with van der Waals surface area (Å²) in [5.74, 6) is 1.02. The molecule has 0 fully saturated rings. The number of benzene rings is 1. The van der Waals surface area contributed by atoms with E-state index in [-0.39, 0.29) is 6.01 Å². The average molecular weight is 334 g/mol. The fourth-order valence-electron chi connectivity index (χ4n) is 2.03. The van der Waals surface area contributed by atoms with Crippen LogP contribution in [0.3, 0.4) is 0 Å². The van der Waals surface area contributed by atoms with E-state index in [1.807, 2.05) is 0 Å². The number of methoxy groups -OCH3 is 2. The maximum Gasteiger partial charge on any atom is 0.328 e. The lowest BCUT2D eigenvalue weighted by atomic mass is 10.2. The summed E-state index contributed by atoms with van der Waals surface area (Å²) < 4.78 is 16.6. The molecule has 8 heteroatoms. The largest absolute Gasteiger partial charge is 0.618 e. The van der Waals surface area contributed by atoms with Crippen LogP contribution in [0.2, 0.25) is 5.02 Å². The van der Waals surface area contributed by atoms with Gasteiger partial charge in [-0.15, -0.1) is 0 Å². The molecule has 0 bridgehead atoms. The Morgan fingerprint density at radius 3 is 2.39 bits per heavy atom. The number of hydrogen-bond acceptors (Lipinski definition) is 6. The van der Waals surface area contributed by atoms with Crippen molar-refractivity contribution in [3.63, 3.8) is 0 Å². The number of pyridine rings is 1. The lowest BCUT2D eigenvalue weighted by molar-refractivity contribution is -0.577. The van der Waals surface area contributed by atoms with Crippen LogP contribution in [0.5, 0.6) is 23.5 Å². The molecular weight excluding hydrogens is 322 g/mol. The second-order valence-corrected chi connectivity index (χ2v) is 4.94. The maximum atomic E-state index is 11.9. The van der Waals surface area contributed by atoms with Gasteiger partial charge in [-0.3, -0.25) is 0 Å². The molecule has 0 atom stereocenters. The van der Waals surface area contributed by atoms with Crippen LogP contribution < -0.4 is 18.9 Å². The molecule has 0 N–H and O–H groups in total. The van der Waals surface area contributed by atoms with Crippen LogP contribution in [-0.4, -0.2) is 24.2 Å². The standard InChI is InChI=1S/C15H12ClN3O4/c1-21-13-8-14(22-2)18-15(17-13)23-12-5-6-19(20)11-7-9(16)3-4-10(11)12/h3-8H,1-2H3. The van der Waals surface area contributed by atoms with Gasteiger partial charge in [0.25, 0.3) is 0 Å². The van der Waals surface area contributed by atoms with Gasteiger partial charge in [0.15, 0.2) is 11.9 Å². The third-order valence-corrected chi connectivity index (χ3v) is 3.34. The van der Waals surface area contributed by atoms with E-state index in [2.05, 4.69) is 9.97 Å². The zero-order valence-corrected chi connectivity index (χ0v) is 13.1. The van der Waals surface area contributed by atoms with E-state index in [0.29, 0.717) is 38.2 Å². The van der Waals surface area contributed by atoms with Gasteiger partial charge in [0.1, 0.15) is 0 Å². The van der Waals surface area contributed by atoms with Gasteiger partial charge in [-0.1, -0.05) is 11.6 Å². The molecule has 2 aromatic heterocycles. The van der Waals surface area contributed by atoms with E-state index in [0.717, 1.165) is 0 Å². The Morgan fingerprint density at radius 1 is 1.04 bits per heavy atom. The highest BCUT2D eigenvalue weighted by Crippen LogP contribution is 2.29. The summed E-state index contributed by atoms with van der Waals surface area (Å²) >= 11 is 5.93. The summed E-state index contributed by atoms with van der Waals surface area (Å²) in [4.78, 5) is 8.19. The van der Waals surface area contributed by atoms with E-state index in [4.69, 9.17) is 25.8 Å². The van der Waals surface area contributed by atoms with Crippen LogP contribution in [0.4, 0.5) is 0 Å². The molecule has 0 saturated carbocycles. The lowest BCUT2D eigenvalue weighted by Gasteiger charge is -2.09. The number of ether oxygens (including phenoxy) is 3. The first-order valence-corrected chi connectivity index (χ1v) is 6.95. The number of fused-ring (bicyclic) bond motifs is 1. The minimum atomic E-state index is 0.0427. The molecule has 2 heterocycles. The quantitative estimate of drug-likeness (QED) is 0.539. The predicted molar refractivity (Wildman–Crippen MR) is 83.1 cm³/mol. The smallest absolute Gasteiger partial charge is 0.328 e. The summed E-state index contributed by atoms with van der Waals surface area (Å²) in [7, 11) is 2.96. The first kappa shape index (κ1) is 15.1. The van der Waals surface area contributed by atoms with Gasteiger partial charge in [-0.2, -0.15) is 14.7 Å². The Balaban J connectivity index is 2.07. The zero-order valence-electron chi connectivity index (χ0n) is 12.3. The SMILES string of the molecule is COc1cc(OC)nc(Oc2cc[n+]([O-])c3cc(Cl)ccc23)n1. The molecule has 7 nitrogen and oxygen atoms in total. The van der Waals surface area contributed by atoms with Crippen LogP contribution in [0.1, 0.15) is 0 Å². The van der Waals surface area contributed by atoms with Crippen molar-refractivity contribution in [3.05, 3.63) is 46.8 Å². The van der Waals surface area contributed by atoms with E-state index in [1.165, 1.54) is 32.5 Å². The molecule has 0 saturated heterocycles. The lowest BCUT2D eigenvalue weighted by Crippen LogP contribution is -2.26. The van der Waals surface area contributed by atoms with Gasteiger partial charge in [0.2, 0.25) is 17.3 Å². The van der Waals surface area contributed by atoms with Crippen molar-refractivity contribution in [2.24, 2.45) is 0 Å². The minimum Gasteiger partial charge on any atom is -0.618 e. The molecule has 0 radical (unpaired) electrons. The van der Waals surface area contributed by atoms with Gasteiger partial charge in [-0.25, -0.2) is 0 Å². The van der Waals surface area contributed by atoms with Gasteiger partial charge in [0, 0.05) is 17.2 Å². The van der Waals surface area contributed by atoms with Crippen molar-refractivity contribution in [3.8, 4) is 23.5 Å². The van der Waals surface area contributed by atoms with Crippen molar-refractivity contribution in [2.75, 3.05) is 14.2 Å². The summed E-state index contributed by atoms with van der Waals surface area (Å²) in [6.07, 6.45) is 1.32. The third-order valence-electron chi connectivity index (χ3n) is 3.10. The van der Waals surface area contributed by atoms with Gasteiger partial charge in [0.05, 0.1) is 25.7 Å². The molecule has 0 amide bonds. The fourth-order valence-corrected chi connectivity index (χ4v) is 2.19. The Labute approximate surface area is 136 Å². The monoisotopic (exact) mass is 333 g/mol. The van der Waals surface area contributed by atoms with Crippen LogP contribution in [0, 0.1) is 5.21 Å². The normalized spacial score (nSPS) is 10.6. The molecule has 118 valence electrons. The van der Waals surface area contributed by atoms with E-state index >= 15 is 0 Å².